The predicted octanol–water partition coefficient (Wildman–Crippen LogP) is 2.92. The van der Waals surface area contributed by atoms with Gasteiger partial charge in [-0.15, -0.1) is 11.8 Å². The summed E-state index contributed by atoms with van der Waals surface area (Å²) in [7, 11) is 0. The Morgan fingerprint density at radius 3 is 2.72 bits per heavy atom. The number of nitrogens with zero attached hydrogens (tertiary/aromatic N) is 1. The van der Waals surface area contributed by atoms with Gasteiger partial charge in [0.25, 0.3) is 0 Å². The van der Waals surface area contributed by atoms with Crippen molar-refractivity contribution >= 4 is 45.3 Å². The molecule has 0 aliphatic carbocycles. The van der Waals surface area contributed by atoms with Crippen LogP contribution in [0.25, 0.3) is 0 Å². The Morgan fingerprint density at radius 2 is 2.04 bits per heavy atom. The first-order valence-corrected chi connectivity index (χ1v) is 9.40. The summed E-state index contributed by atoms with van der Waals surface area (Å²) in [6.45, 7) is 2.17. The maximum Gasteiger partial charge on any atom is 0.235 e. The van der Waals surface area contributed by atoms with E-state index in [-0.39, 0.29) is 29.1 Å². The zero-order valence-electron chi connectivity index (χ0n) is 13.5. The molecule has 0 aliphatic heterocycles. The highest BCUT2D eigenvalue weighted by atomic mass is 79.9. The van der Waals surface area contributed by atoms with Crippen molar-refractivity contribution in [3.05, 3.63) is 45.9 Å². The molecule has 2 amide bonds. The molecule has 0 aliphatic rings. The third kappa shape index (κ3) is 6.87. The summed E-state index contributed by atoms with van der Waals surface area (Å²) in [5.74, 6) is 0.568. The molecule has 1 heterocycles. The van der Waals surface area contributed by atoms with E-state index in [2.05, 4.69) is 31.7 Å². The molecule has 1 aromatic carbocycles. The number of nitrogens with one attached hydrogen (secondary N) is 2. The Hall–Kier alpha value is -1.87. The number of anilines is 1. The van der Waals surface area contributed by atoms with Gasteiger partial charge in [-0.3, -0.25) is 9.59 Å². The minimum absolute atomic E-state index is 0.143. The Balaban J connectivity index is 1.60. The molecular formula is C16H17BrFN3O3S. The minimum Gasteiger partial charge on any atom is -0.360 e. The van der Waals surface area contributed by atoms with E-state index >= 15 is 0 Å². The summed E-state index contributed by atoms with van der Waals surface area (Å²) in [4.78, 5) is 23.4. The third-order valence-electron chi connectivity index (χ3n) is 3.08. The molecule has 0 unspecified atom stereocenters. The monoisotopic (exact) mass is 429 g/mol. The van der Waals surface area contributed by atoms with Crippen molar-refractivity contribution < 1.29 is 18.5 Å². The summed E-state index contributed by atoms with van der Waals surface area (Å²) < 4.78 is 18.4. The molecule has 0 atom stereocenters. The fourth-order valence-electron chi connectivity index (χ4n) is 1.93. The van der Waals surface area contributed by atoms with Gasteiger partial charge in [-0.05, 0) is 47.0 Å². The number of rotatable bonds is 8. The highest BCUT2D eigenvalue weighted by Crippen LogP contribution is 2.17. The van der Waals surface area contributed by atoms with Crippen LogP contribution in [0.1, 0.15) is 11.3 Å². The van der Waals surface area contributed by atoms with Gasteiger partial charge in [0.05, 0.1) is 16.0 Å². The Kier molecular flexibility index (Phi) is 7.45. The van der Waals surface area contributed by atoms with Crippen LogP contribution in [0.15, 0.2) is 33.3 Å². The van der Waals surface area contributed by atoms with Crippen molar-refractivity contribution in [3.63, 3.8) is 0 Å². The molecule has 134 valence electrons. The Labute approximate surface area is 157 Å². The Bertz CT molecular complexity index is 754. The van der Waals surface area contributed by atoms with Gasteiger partial charge in [0.1, 0.15) is 11.6 Å². The van der Waals surface area contributed by atoms with Gasteiger partial charge < -0.3 is 15.2 Å². The molecule has 2 rings (SSSR count). The van der Waals surface area contributed by atoms with Crippen molar-refractivity contribution in [3.8, 4) is 0 Å². The quantitative estimate of drug-likeness (QED) is 0.673. The van der Waals surface area contributed by atoms with Gasteiger partial charge in [0.2, 0.25) is 11.8 Å². The summed E-state index contributed by atoms with van der Waals surface area (Å²) >= 11 is 4.33. The smallest absolute Gasteiger partial charge is 0.235 e. The summed E-state index contributed by atoms with van der Waals surface area (Å²) in [6.07, 6.45) is 0.598. The van der Waals surface area contributed by atoms with Gasteiger partial charge in [-0.1, -0.05) is 11.2 Å². The molecule has 25 heavy (non-hydrogen) atoms. The lowest BCUT2D eigenvalue weighted by molar-refractivity contribution is -0.118. The molecule has 0 spiro atoms. The molecule has 9 heteroatoms. The van der Waals surface area contributed by atoms with E-state index in [0.717, 1.165) is 5.56 Å². The third-order valence-corrected chi connectivity index (χ3v) is 4.62. The van der Waals surface area contributed by atoms with Crippen LogP contribution in [-0.4, -0.2) is 35.0 Å². The van der Waals surface area contributed by atoms with E-state index in [1.54, 1.807) is 25.1 Å². The average molecular weight is 430 g/mol. The van der Waals surface area contributed by atoms with Crippen molar-refractivity contribution in [2.75, 3.05) is 23.4 Å². The molecule has 0 saturated heterocycles. The second-order valence-corrected chi connectivity index (χ2v) is 7.05. The number of hydrogen-bond donors (Lipinski definition) is 2. The number of thioether (sulfide) groups is 1. The van der Waals surface area contributed by atoms with E-state index in [1.807, 2.05) is 0 Å². The first-order chi connectivity index (χ1) is 11.9. The topological polar surface area (TPSA) is 84.2 Å². The molecule has 0 fully saturated rings. The van der Waals surface area contributed by atoms with E-state index in [9.17, 15) is 14.0 Å². The maximum absolute atomic E-state index is 13.1. The van der Waals surface area contributed by atoms with Crippen LogP contribution < -0.4 is 10.6 Å². The highest BCUT2D eigenvalue weighted by Gasteiger charge is 2.08. The zero-order valence-corrected chi connectivity index (χ0v) is 15.9. The fourth-order valence-corrected chi connectivity index (χ4v) is 3.01. The van der Waals surface area contributed by atoms with Crippen molar-refractivity contribution in [1.82, 2.24) is 10.5 Å². The van der Waals surface area contributed by atoms with Gasteiger partial charge >= 0.3 is 0 Å². The van der Waals surface area contributed by atoms with Crippen LogP contribution in [0.5, 0.6) is 0 Å². The number of aromatic nitrogens is 1. The molecular weight excluding hydrogens is 413 g/mol. The first-order valence-electron chi connectivity index (χ1n) is 7.45. The number of amides is 2. The highest BCUT2D eigenvalue weighted by molar-refractivity contribution is 9.10. The lowest BCUT2D eigenvalue weighted by Gasteiger charge is -2.06. The minimum atomic E-state index is -0.316. The second kappa shape index (κ2) is 9.57. The first kappa shape index (κ1) is 19.5. The van der Waals surface area contributed by atoms with Gasteiger partial charge in [0, 0.05) is 12.6 Å². The Morgan fingerprint density at radius 1 is 1.28 bits per heavy atom. The molecule has 2 N–H and O–H groups in total. The number of benzene rings is 1. The van der Waals surface area contributed by atoms with Gasteiger partial charge in [-0.2, -0.15) is 0 Å². The van der Waals surface area contributed by atoms with Crippen molar-refractivity contribution in [2.24, 2.45) is 0 Å². The van der Waals surface area contributed by atoms with Crippen LogP contribution >= 0.6 is 27.7 Å². The van der Waals surface area contributed by atoms with Crippen molar-refractivity contribution in [1.29, 1.82) is 0 Å². The van der Waals surface area contributed by atoms with Crippen LogP contribution in [0.3, 0.4) is 0 Å². The maximum atomic E-state index is 13.1. The SMILES string of the molecule is Cc1cc(NC(=O)CSCC(=O)NCCc2ccc(F)c(Br)c2)no1. The molecule has 6 nitrogen and oxygen atoms in total. The number of aryl methyl sites for hydroxylation is 1. The van der Waals surface area contributed by atoms with Gasteiger partial charge in [-0.25, -0.2) is 4.39 Å². The number of carbonyl (C=O) groups excluding carboxylic acids is 2. The number of halogens is 2. The number of carbonyl (C=O) groups is 2. The summed E-state index contributed by atoms with van der Waals surface area (Å²) in [5.41, 5.74) is 0.920. The average Bonchev–Trinajstić information content (AvgIpc) is 2.95. The van der Waals surface area contributed by atoms with Crippen LogP contribution in [0, 0.1) is 12.7 Å². The fraction of sp³-hybridized carbons (Fsp3) is 0.312. The van der Waals surface area contributed by atoms with E-state index in [4.69, 9.17) is 4.52 Å². The zero-order chi connectivity index (χ0) is 18.2. The molecule has 1 aromatic heterocycles. The summed E-state index contributed by atoms with van der Waals surface area (Å²) in [6, 6.07) is 6.36. The lowest BCUT2D eigenvalue weighted by Crippen LogP contribution is -2.28. The van der Waals surface area contributed by atoms with E-state index in [0.29, 0.717) is 29.0 Å². The molecule has 0 radical (unpaired) electrons. The van der Waals surface area contributed by atoms with Crippen molar-refractivity contribution in [2.45, 2.75) is 13.3 Å². The largest absolute Gasteiger partial charge is 0.360 e. The second-order valence-electron chi connectivity index (χ2n) is 5.21. The van der Waals surface area contributed by atoms with Gasteiger partial charge in [0.15, 0.2) is 5.82 Å². The number of hydrogen-bond acceptors (Lipinski definition) is 5. The van der Waals surface area contributed by atoms with Crippen LogP contribution in [0.2, 0.25) is 0 Å². The molecule has 0 saturated carbocycles. The van der Waals surface area contributed by atoms with E-state index < -0.39 is 0 Å². The standard InChI is InChI=1S/C16H17BrFN3O3S/c1-10-6-14(21-24-10)20-16(23)9-25-8-15(22)19-5-4-11-2-3-13(18)12(17)7-11/h2-3,6-7H,4-5,8-9H2,1H3,(H,19,22)(H,20,21,23). The van der Waals surface area contributed by atoms with E-state index in [1.165, 1.54) is 17.8 Å². The molecule has 0 bridgehead atoms. The lowest BCUT2D eigenvalue weighted by atomic mass is 10.1. The molecule has 2 aromatic rings. The van der Waals surface area contributed by atoms with Crippen LogP contribution in [-0.2, 0) is 16.0 Å². The summed E-state index contributed by atoms with van der Waals surface area (Å²) in [5, 5.41) is 9.00. The predicted molar refractivity (Wildman–Crippen MR) is 98.0 cm³/mol. The normalized spacial score (nSPS) is 10.5. The van der Waals surface area contributed by atoms with Crippen LogP contribution in [0.4, 0.5) is 10.2 Å².